The number of carbonyl (C=O) groups excluding carboxylic acids is 1. The number of carbonyl (C=O) groups is 1. The van der Waals surface area contributed by atoms with Gasteiger partial charge in [-0.05, 0) is 64.4 Å². The Labute approximate surface area is 217 Å². The van der Waals surface area contributed by atoms with Gasteiger partial charge < -0.3 is 14.6 Å². The van der Waals surface area contributed by atoms with Gasteiger partial charge in [0.05, 0.1) is 30.2 Å². The van der Waals surface area contributed by atoms with E-state index in [9.17, 15) is 13.2 Å². The van der Waals surface area contributed by atoms with Crippen LogP contribution in [0.3, 0.4) is 0 Å². The topological polar surface area (TPSA) is 127 Å². The van der Waals surface area contributed by atoms with Gasteiger partial charge in [0.1, 0.15) is 5.75 Å². The Hall–Kier alpha value is -3.28. The lowest BCUT2D eigenvalue weighted by Crippen LogP contribution is -2.40. The fraction of sp³-hybridized carbons (Fsp3) is 0.423. The predicted octanol–water partition coefficient (Wildman–Crippen LogP) is 3.59. The number of sulfonamides is 1. The number of rotatable bonds is 9. The molecule has 2 N–H and O–H groups in total. The highest BCUT2D eigenvalue weighted by Crippen LogP contribution is 2.29. The summed E-state index contributed by atoms with van der Waals surface area (Å²) in [6.07, 6.45) is 1.55. The largest absolute Gasteiger partial charge is 0.495 e. The Morgan fingerprint density at radius 3 is 2.78 bits per heavy atom. The van der Waals surface area contributed by atoms with Crippen LogP contribution in [0.25, 0.3) is 11.4 Å². The van der Waals surface area contributed by atoms with Crippen LogP contribution < -0.4 is 14.8 Å². The minimum absolute atomic E-state index is 0.0587. The molecule has 1 unspecified atom stereocenters. The summed E-state index contributed by atoms with van der Waals surface area (Å²) < 4.78 is 38.6. The van der Waals surface area contributed by atoms with Crippen LogP contribution in [0, 0.1) is 12.8 Å². The first-order valence-corrected chi connectivity index (χ1v) is 13.8. The molecule has 0 radical (unpaired) electrons. The quantitative estimate of drug-likeness (QED) is 0.432. The Kier molecular flexibility index (Phi) is 8.25. The third-order valence-corrected chi connectivity index (χ3v) is 7.77. The smallest absolute Gasteiger partial charge is 0.241 e. The highest BCUT2D eigenvalue weighted by molar-refractivity contribution is 7.89. The molecule has 4 rings (SSSR count). The summed E-state index contributed by atoms with van der Waals surface area (Å²) in [7, 11) is -2.24. The van der Waals surface area contributed by atoms with Crippen molar-refractivity contribution in [2.45, 2.75) is 51.1 Å². The molecule has 10 nitrogen and oxygen atoms in total. The van der Waals surface area contributed by atoms with Gasteiger partial charge in [0.15, 0.2) is 0 Å². The fourth-order valence-electron chi connectivity index (χ4n) is 4.39. The first-order valence-electron chi connectivity index (χ1n) is 12.3. The highest BCUT2D eigenvalue weighted by atomic mass is 32.2. The summed E-state index contributed by atoms with van der Waals surface area (Å²) in [5.41, 5.74) is 2.33. The van der Waals surface area contributed by atoms with Gasteiger partial charge in [-0.1, -0.05) is 28.9 Å². The Morgan fingerprint density at radius 1 is 1.24 bits per heavy atom. The van der Waals surface area contributed by atoms with E-state index < -0.39 is 10.0 Å². The van der Waals surface area contributed by atoms with Crippen LogP contribution in [0.1, 0.15) is 38.1 Å². The number of hydrogen-bond donors (Lipinski definition) is 2. The molecule has 1 fully saturated rings. The molecule has 1 atom stereocenters. The summed E-state index contributed by atoms with van der Waals surface area (Å²) in [6.45, 7) is 7.27. The SMILES string of the molecule is COc1ccc(S(=O)(=O)NC(C)C)cc1NC(=O)C1CCCN(Cc2nc(-c3cccc(C)c3)no2)C1. The average molecular weight is 528 g/mol. The third kappa shape index (κ3) is 6.73. The first kappa shape index (κ1) is 26.8. The molecule has 1 aliphatic rings. The molecular formula is C26H33N5O5S. The minimum Gasteiger partial charge on any atom is -0.495 e. The van der Waals surface area contributed by atoms with Crippen molar-refractivity contribution in [3.05, 3.63) is 53.9 Å². The lowest BCUT2D eigenvalue weighted by atomic mass is 9.97. The molecule has 2 heterocycles. The third-order valence-electron chi connectivity index (χ3n) is 6.11. The number of methoxy groups -OCH3 is 1. The van der Waals surface area contributed by atoms with Crippen molar-refractivity contribution in [2.75, 3.05) is 25.5 Å². The number of aromatic nitrogens is 2. The number of anilines is 1. The zero-order valence-corrected chi connectivity index (χ0v) is 22.3. The lowest BCUT2D eigenvalue weighted by Gasteiger charge is -2.31. The average Bonchev–Trinajstić information content (AvgIpc) is 3.32. The Morgan fingerprint density at radius 2 is 2.05 bits per heavy atom. The molecule has 3 aromatic rings. The predicted molar refractivity (Wildman–Crippen MR) is 140 cm³/mol. The van der Waals surface area contributed by atoms with Gasteiger partial charge in [-0.2, -0.15) is 4.98 Å². The highest BCUT2D eigenvalue weighted by Gasteiger charge is 2.28. The van der Waals surface area contributed by atoms with Gasteiger partial charge in [0, 0.05) is 18.2 Å². The van der Waals surface area contributed by atoms with E-state index in [0.29, 0.717) is 36.2 Å². The van der Waals surface area contributed by atoms with Crippen molar-refractivity contribution in [3.8, 4) is 17.1 Å². The summed E-state index contributed by atoms with van der Waals surface area (Å²) in [5, 5.41) is 6.99. The van der Waals surface area contributed by atoms with Crippen molar-refractivity contribution in [2.24, 2.45) is 5.92 Å². The zero-order chi connectivity index (χ0) is 26.6. The van der Waals surface area contributed by atoms with Gasteiger partial charge in [-0.3, -0.25) is 9.69 Å². The molecular weight excluding hydrogens is 494 g/mol. The van der Waals surface area contributed by atoms with Gasteiger partial charge in [-0.15, -0.1) is 0 Å². The maximum absolute atomic E-state index is 13.2. The van der Waals surface area contributed by atoms with E-state index in [1.165, 1.54) is 19.2 Å². The lowest BCUT2D eigenvalue weighted by molar-refractivity contribution is -0.121. The summed E-state index contributed by atoms with van der Waals surface area (Å²) in [5.74, 6) is 0.944. The van der Waals surface area contributed by atoms with Crippen molar-refractivity contribution >= 4 is 21.6 Å². The molecule has 198 valence electrons. The number of amides is 1. The Bertz CT molecular complexity index is 1350. The van der Waals surface area contributed by atoms with E-state index in [-0.39, 0.29) is 22.8 Å². The number of nitrogens with zero attached hydrogens (tertiary/aromatic N) is 3. The Balaban J connectivity index is 1.42. The summed E-state index contributed by atoms with van der Waals surface area (Å²) in [4.78, 5) is 19.9. The van der Waals surface area contributed by atoms with Crippen LogP contribution in [-0.2, 0) is 21.4 Å². The standard InChI is InChI=1S/C26H33N5O5S/c1-17(2)30-37(33,34)21-10-11-23(35-4)22(14-21)27-26(32)20-9-6-12-31(15-20)16-24-28-25(29-36-24)19-8-5-7-18(3)13-19/h5,7-8,10-11,13-14,17,20,30H,6,9,12,15-16H2,1-4H3,(H,27,32). The molecule has 1 saturated heterocycles. The second-order valence-corrected chi connectivity index (χ2v) is 11.3. The van der Waals surface area contributed by atoms with Crippen LogP contribution in [0.15, 0.2) is 51.9 Å². The first-order chi connectivity index (χ1) is 17.6. The molecule has 0 saturated carbocycles. The number of ether oxygens (including phenoxy) is 1. The minimum atomic E-state index is -3.72. The molecule has 11 heteroatoms. The van der Waals surface area contributed by atoms with Gasteiger partial charge >= 0.3 is 0 Å². The number of benzene rings is 2. The second kappa shape index (κ2) is 11.4. The number of hydrogen-bond acceptors (Lipinski definition) is 8. The molecule has 37 heavy (non-hydrogen) atoms. The van der Waals surface area contributed by atoms with Gasteiger partial charge in [0.2, 0.25) is 27.6 Å². The van der Waals surface area contributed by atoms with Crippen LogP contribution >= 0.6 is 0 Å². The van der Waals surface area contributed by atoms with Crippen LogP contribution in [0.2, 0.25) is 0 Å². The van der Waals surface area contributed by atoms with Crippen molar-refractivity contribution < 1.29 is 22.5 Å². The summed E-state index contributed by atoms with van der Waals surface area (Å²) in [6, 6.07) is 12.1. The monoisotopic (exact) mass is 527 g/mol. The molecule has 1 aromatic heterocycles. The second-order valence-electron chi connectivity index (χ2n) is 9.58. The summed E-state index contributed by atoms with van der Waals surface area (Å²) >= 11 is 0. The van der Waals surface area contributed by atoms with E-state index in [4.69, 9.17) is 9.26 Å². The van der Waals surface area contributed by atoms with Crippen LogP contribution in [0.4, 0.5) is 5.69 Å². The number of piperidine rings is 1. The van der Waals surface area contributed by atoms with E-state index in [0.717, 1.165) is 30.5 Å². The van der Waals surface area contributed by atoms with Gasteiger partial charge in [-0.25, -0.2) is 13.1 Å². The number of likely N-dealkylation sites (tertiary alicyclic amines) is 1. The van der Waals surface area contributed by atoms with E-state index in [2.05, 4.69) is 25.1 Å². The molecule has 2 aromatic carbocycles. The molecule has 0 aliphatic carbocycles. The van der Waals surface area contributed by atoms with E-state index in [1.807, 2.05) is 31.2 Å². The van der Waals surface area contributed by atoms with E-state index in [1.54, 1.807) is 19.9 Å². The normalized spacial score (nSPS) is 16.6. The van der Waals surface area contributed by atoms with Crippen LogP contribution in [0.5, 0.6) is 5.75 Å². The van der Waals surface area contributed by atoms with Crippen LogP contribution in [-0.4, -0.2) is 55.6 Å². The zero-order valence-electron chi connectivity index (χ0n) is 21.5. The maximum Gasteiger partial charge on any atom is 0.241 e. The van der Waals surface area contributed by atoms with E-state index >= 15 is 0 Å². The van der Waals surface area contributed by atoms with Crippen molar-refractivity contribution in [1.82, 2.24) is 19.8 Å². The maximum atomic E-state index is 13.2. The molecule has 1 aliphatic heterocycles. The van der Waals surface area contributed by atoms with Crippen molar-refractivity contribution in [3.63, 3.8) is 0 Å². The molecule has 1 amide bonds. The van der Waals surface area contributed by atoms with Crippen molar-refractivity contribution in [1.29, 1.82) is 0 Å². The molecule has 0 spiro atoms. The fourth-order valence-corrected chi connectivity index (χ4v) is 5.67. The van der Waals surface area contributed by atoms with Gasteiger partial charge in [0.25, 0.3) is 0 Å². The molecule has 0 bridgehead atoms. The number of aryl methyl sites for hydroxylation is 1. The number of nitrogens with one attached hydrogen (secondary N) is 2.